The van der Waals surface area contributed by atoms with Gasteiger partial charge in [-0.3, -0.25) is 19.9 Å². The number of non-ortho nitro benzene ring substituents is 1. The Morgan fingerprint density at radius 3 is 2.96 bits per heavy atom. The fourth-order valence-electron chi connectivity index (χ4n) is 3.44. The highest BCUT2D eigenvalue weighted by Crippen LogP contribution is 2.32. The SMILES string of the molecule is CC(=O)NC[C@H]1CCCN(c2cc(C)nc3ccc([N+](=O)[O-])cc23)C1. The van der Waals surface area contributed by atoms with Crippen LogP contribution in [-0.2, 0) is 4.79 Å². The van der Waals surface area contributed by atoms with Crippen molar-refractivity contribution in [3.05, 3.63) is 40.1 Å². The second-order valence-electron chi connectivity index (χ2n) is 6.63. The number of anilines is 1. The predicted molar refractivity (Wildman–Crippen MR) is 96.8 cm³/mol. The van der Waals surface area contributed by atoms with Crippen LogP contribution in [0.3, 0.4) is 0 Å². The largest absolute Gasteiger partial charge is 0.371 e. The summed E-state index contributed by atoms with van der Waals surface area (Å²) in [6, 6.07) is 6.80. The van der Waals surface area contributed by atoms with Gasteiger partial charge in [0, 0.05) is 55.5 Å². The molecule has 3 rings (SSSR count). The minimum atomic E-state index is -0.376. The third kappa shape index (κ3) is 3.87. The second kappa shape index (κ2) is 7.04. The zero-order chi connectivity index (χ0) is 18.0. The molecule has 1 aromatic heterocycles. The molecule has 1 amide bonds. The summed E-state index contributed by atoms with van der Waals surface area (Å²) < 4.78 is 0. The fourth-order valence-corrected chi connectivity index (χ4v) is 3.44. The van der Waals surface area contributed by atoms with Gasteiger partial charge in [0.05, 0.1) is 10.4 Å². The average Bonchev–Trinajstić information content (AvgIpc) is 2.59. The molecule has 1 aliphatic rings. The first-order valence-corrected chi connectivity index (χ1v) is 8.49. The summed E-state index contributed by atoms with van der Waals surface area (Å²) in [5.74, 6) is 0.359. The van der Waals surface area contributed by atoms with Crippen molar-refractivity contribution in [3.8, 4) is 0 Å². The number of nitrogens with one attached hydrogen (secondary N) is 1. The van der Waals surface area contributed by atoms with Crippen molar-refractivity contribution in [3.63, 3.8) is 0 Å². The van der Waals surface area contributed by atoms with Gasteiger partial charge in [-0.1, -0.05) is 0 Å². The van der Waals surface area contributed by atoms with Gasteiger partial charge in [-0.05, 0) is 37.8 Å². The van der Waals surface area contributed by atoms with E-state index in [0.29, 0.717) is 12.5 Å². The first kappa shape index (κ1) is 17.1. The smallest absolute Gasteiger partial charge is 0.270 e. The van der Waals surface area contributed by atoms with Gasteiger partial charge in [0.25, 0.3) is 5.69 Å². The van der Waals surface area contributed by atoms with Gasteiger partial charge in [-0.2, -0.15) is 0 Å². The van der Waals surface area contributed by atoms with Crippen LogP contribution in [0.25, 0.3) is 10.9 Å². The lowest BCUT2D eigenvalue weighted by Crippen LogP contribution is -2.40. The molecule has 25 heavy (non-hydrogen) atoms. The van der Waals surface area contributed by atoms with Gasteiger partial charge in [0.15, 0.2) is 0 Å². The molecule has 1 N–H and O–H groups in total. The van der Waals surface area contributed by atoms with Gasteiger partial charge in [-0.15, -0.1) is 0 Å². The minimum Gasteiger partial charge on any atom is -0.371 e. The van der Waals surface area contributed by atoms with E-state index in [1.54, 1.807) is 12.1 Å². The molecule has 1 aliphatic heterocycles. The minimum absolute atomic E-state index is 0.0158. The average molecular weight is 342 g/mol. The number of piperidine rings is 1. The van der Waals surface area contributed by atoms with Crippen molar-refractivity contribution in [2.24, 2.45) is 5.92 Å². The number of hydrogen-bond donors (Lipinski definition) is 1. The Hall–Kier alpha value is -2.70. The lowest BCUT2D eigenvalue weighted by atomic mass is 9.96. The van der Waals surface area contributed by atoms with E-state index >= 15 is 0 Å². The summed E-state index contributed by atoms with van der Waals surface area (Å²) >= 11 is 0. The number of fused-ring (bicyclic) bond motifs is 1. The zero-order valence-electron chi connectivity index (χ0n) is 14.5. The molecule has 0 unspecified atom stereocenters. The van der Waals surface area contributed by atoms with Gasteiger partial charge in [0.1, 0.15) is 0 Å². The predicted octanol–water partition coefficient (Wildman–Crippen LogP) is 2.80. The molecular formula is C18H22N4O3. The van der Waals surface area contributed by atoms with Gasteiger partial charge in [-0.25, -0.2) is 0 Å². The Morgan fingerprint density at radius 2 is 2.24 bits per heavy atom. The van der Waals surface area contributed by atoms with Crippen LogP contribution in [0, 0.1) is 23.0 Å². The number of aromatic nitrogens is 1. The number of carbonyl (C=O) groups excluding carboxylic acids is 1. The first-order chi connectivity index (χ1) is 11.9. The molecule has 7 heteroatoms. The van der Waals surface area contributed by atoms with Crippen LogP contribution in [0.2, 0.25) is 0 Å². The molecule has 2 aromatic rings. The summed E-state index contributed by atoms with van der Waals surface area (Å²) in [5.41, 5.74) is 2.72. The highest BCUT2D eigenvalue weighted by molar-refractivity contribution is 5.93. The highest BCUT2D eigenvalue weighted by Gasteiger charge is 2.23. The molecule has 0 saturated carbocycles. The highest BCUT2D eigenvalue weighted by atomic mass is 16.6. The number of amides is 1. The van der Waals surface area contributed by atoms with E-state index in [1.807, 2.05) is 13.0 Å². The van der Waals surface area contributed by atoms with E-state index in [-0.39, 0.29) is 16.5 Å². The number of benzene rings is 1. The number of nitro benzene ring substituents is 1. The van der Waals surface area contributed by atoms with E-state index in [9.17, 15) is 14.9 Å². The van der Waals surface area contributed by atoms with Crippen molar-refractivity contribution in [1.82, 2.24) is 10.3 Å². The normalized spacial score (nSPS) is 17.5. The molecule has 1 aromatic carbocycles. The van der Waals surface area contributed by atoms with Crippen molar-refractivity contribution < 1.29 is 9.72 Å². The Labute approximate surface area is 146 Å². The molecule has 1 fully saturated rings. The fraction of sp³-hybridized carbons (Fsp3) is 0.444. The third-order valence-electron chi connectivity index (χ3n) is 4.61. The topological polar surface area (TPSA) is 88.4 Å². The van der Waals surface area contributed by atoms with Crippen LogP contribution in [0.1, 0.15) is 25.5 Å². The van der Waals surface area contributed by atoms with Crippen LogP contribution in [0.4, 0.5) is 11.4 Å². The van der Waals surface area contributed by atoms with E-state index in [0.717, 1.165) is 48.2 Å². The zero-order valence-corrected chi connectivity index (χ0v) is 14.5. The number of aryl methyl sites for hydroxylation is 1. The maximum Gasteiger partial charge on any atom is 0.270 e. The van der Waals surface area contributed by atoms with Gasteiger partial charge >= 0.3 is 0 Å². The standard InChI is InChI=1S/C18H22N4O3/c1-12-8-18(16-9-15(22(24)25)5-6-17(16)20-12)21-7-3-4-14(11-21)10-19-13(2)23/h5-6,8-9,14H,3-4,7,10-11H2,1-2H3,(H,19,23)/t14-/m1/s1. The number of pyridine rings is 1. The molecule has 0 bridgehead atoms. The van der Waals surface area contributed by atoms with E-state index in [1.165, 1.54) is 13.0 Å². The molecule has 1 atom stereocenters. The van der Waals surface area contributed by atoms with Crippen LogP contribution < -0.4 is 10.2 Å². The third-order valence-corrected chi connectivity index (χ3v) is 4.61. The van der Waals surface area contributed by atoms with E-state index < -0.39 is 0 Å². The summed E-state index contributed by atoms with van der Waals surface area (Å²) in [6.07, 6.45) is 2.10. The second-order valence-corrected chi connectivity index (χ2v) is 6.63. The van der Waals surface area contributed by atoms with Crippen molar-refractivity contribution in [2.45, 2.75) is 26.7 Å². The monoisotopic (exact) mass is 342 g/mol. The molecule has 7 nitrogen and oxygen atoms in total. The Morgan fingerprint density at radius 1 is 1.44 bits per heavy atom. The Bertz CT molecular complexity index is 821. The maximum atomic E-state index is 11.2. The molecule has 0 spiro atoms. The van der Waals surface area contributed by atoms with Gasteiger partial charge < -0.3 is 10.2 Å². The molecule has 0 radical (unpaired) electrons. The number of rotatable bonds is 4. The van der Waals surface area contributed by atoms with E-state index in [2.05, 4.69) is 15.2 Å². The van der Waals surface area contributed by atoms with Crippen LogP contribution in [0.15, 0.2) is 24.3 Å². The summed E-state index contributed by atoms with van der Waals surface area (Å²) in [6.45, 7) is 5.84. The van der Waals surface area contributed by atoms with Crippen LogP contribution in [0.5, 0.6) is 0 Å². The molecular weight excluding hydrogens is 320 g/mol. The van der Waals surface area contributed by atoms with Crippen LogP contribution in [-0.4, -0.2) is 35.4 Å². The quantitative estimate of drug-likeness (QED) is 0.682. The molecule has 0 aliphatic carbocycles. The summed E-state index contributed by atoms with van der Waals surface area (Å²) in [5, 5.41) is 14.8. The number of hydrogen-bond acceptors (Lipinski definition) is 5. The van der Waals surface area contributed by atoms with Gasteiger partial charge in [0.2, 0.25) is 5.91 Å². The summed E-state index contributed by atoms with van der Waals surface area (Å²) in [7, 11) is 0. The lowest BCUT2D eigenvalue weighted by molar-refractivity contribution is -0.384. The maximum absolute atomic E-state index is 11.2. The number of carbonyl (C=O) groups is 1. The molecule has 132 valence electrons. The Kier molecular flexibility index (Phi) is 4.83. The number of nitrogens with zero attached hydrogens (tertiary/aromatic N) is 3. The summed E-state index contributed by atoms with van der Waals surface area (Å²) in [4.78, 5) is 28.7. The van der Waals surface area contributed by atoms with Crippen LogP contribution >= 0.6 is 0 Å². The van der Waals surface area contributed by atoms with Crippen molar-refractivity contribution in [1.29, 1.82) is 0 Å². The van der Waals surface area contributed by atoms with Crippen molar-refractivity contribution in [2.75, 3.05) is 24.5 Å². The van der Waals surface area contributed by atoms with Crippen molar-refractivity contribution >= 4 is 28.2 Å². The molecule has 1 saturated heterocycles. The lowest BCUT2D eigenvalue weighted by Gasteiger charge is -2.35. The molecule has 2 heterocycles. The first-order valence-electron chi connectivity index (χ1n) is 8.49. The number of nitro groups is 1. The van der Waals surface area contributed by atoms with E-state index in [4.69, 9.17) is 0 Å². The Balaban J connectivity index is 1.94.